The van der Waals surface area contributed by atoms with Crippen LogP contribution >= 0.6 is 0 Å². The van der Waals surface area contributed by atoms with E-state index in [-0.39, 0.29) is 0 Å². The van der Waals surface area contributed by atoms with Gasteiger partial charge < -0.3 is 9.80 Å². The molecule has 2 rings (SSSR count). The molecule has 108 valence electrons. The Labute approximate surface area is 124 Å². The minimum absolute atomic E-state index is 1.04. The molecule has 2 heterocycles. The molecule has 1 aromatic rings. The normalized spacial score (nSPS) is 16.7. The zero-order chi connectivity index (χ0) is 14.6. The van der Waals surface area contributed by atoms with E-state index in [1.54, 1.807) is 0 Å². The van der Waals surface area contributed by atoms with E-state index < -0.39 is 8.07 Å². The maximum atomic E-state index is 4.36. The van der Waals surface area contributed by atoms with Crippen molar-refractivity contribution in [2.45, 2.75) is 26.6 Å². The highest BCUT2D eigenvalue weighted by Gasteiger charge is 2.16. The Hall–Kier alpha value is -1.31. The van der Waals surface area contributed by atoms with Crippen LogP contribution in [0.3, 0.4) is 0 Å². The van der Waals surface area contributed by atoms with Crippen molar-refractivity contribution < 1.29 is 0 Å². The molecule has 0 radical (unpaired) electrons. The summed E-state index contributed by atoms with van der Waals surface area (Å²) in [5.41, 5.74) is 5.66. The molecule has 1 saturated heterocycles. The van der Waals surface area contributed by atoms with E-state index in [2.05, 4.69) is 58.9 Å². The Morgan fingerprint density at radius 2 is 1.85 bits per heavy atom. The van der Waals surface area contributed by atoms with E-state index >= 15 is 0 Å². The van der Waals surface area contributed by atoms with Crippen LogP contribution in [0.4, 0.5) is 5.69 Å². The molecule has 1 aliphatic rings. The number of anilines is 1. The fourth-order valence-corrected chi connectivity index (χ4v) is 2.77. The number of likely N-dealkylation sites (N-methyl/N-ethyl adjacent to an activating group) is 1. The SMILES string of the molecule is CCN1CCN(c2cncc(C#C[Si](C)(C)C)c2)CC1. The van der Waals surface area contributed by atoms with E-state index in [0.29, 0.717) is 0 Å². The van der Waals surface area contributed by atoms with Crippen molar-refractivity contribution in [2.24, 2.45) is 0 Å². The number of rotatable bonds is 2. The van der Waals surface area contributed by atoms with Crippen LogP contribution in [0.25, 0.3) is 0 Å². The van der Waals surface area contributed by atoms with E-state index in [4.69, 9.17) is 0 Å². The number of hydrogen-bond donors (Lipinski definition) is 0. The molecule has 4 heteroatoms. The van der Waals surface area contributed by atoms with Crippen molar-refractivity contribution in [3.63, 3.8) is 0 Å². The molecule has 0 unspecified atom stereocenters. The summed E-state index contributed by atoms with van der Waals surface area (Å²) in [6.07, 6.45) is 3.83. The molecule has 3 nitrogen and oxygen atoms in total. The molecular weight excluding hydrogens is 262 g/mol. The van der Waals surface area contributed by atoms with Crippen molar-refractivity contribution in [3.8, 4) is 11.5 Å². The fourth-order valence-electron chi connectivity index (χ4n) is 2.25. The lowest BCUT2D eigenvalue weighted by atomic mass is 10.2. The Morgan fingerprint density at radius 1 is 1.15 bits per heavy atom. The highest BCUT2D eigenvalue weighted by Crippen LogP contribution is 2.16. The van der Waals surface area contributed by atoms with Gasteiger partial charge in [0.25, 0.3) is 0 Å². The van der Waals surface area contributed by atoms with E-state index in [0.717, 1.165) is 38.3 Å². The smallest absolute Gasteiger partial charge is 0.129 e. The molecule has 0 aromatic carbocycles. The van der Waals surface area contributed by atoms with Gasteiger partial charge in [-0.25, -0.2) is 0 Å². The molecule has 0 aliphatic carbocycles. The zero-order valence-corrected chi connectivity index (χ0v) is 14.1. The van der Waals surface area contributed by atoms with Gasteiger partial charge in [0.2, 0.25) is 0 Å². The number of hydrogen-bond acceptors (Lipinski definition) is 3. The van der Waals surface area contributed by atoms with Crippen LogP contribution in [-0.4, -0.2) is 50.7 Å². The van der Waals surface area contributed by atoms with Gasteiger partial charge in [0.05, 0.1) is 11.9 Å². The van der Waals surface area contributed by atoms with Crippen molar-refractivity contribution in [2.75, 3.05) is 37.6 Å². The third-order valence-corrected chi connectivity index (χ3v) is 4.37. The molecule has 0 spiro atoms. The summed E-state index contributed by atoms with van der Waals surface area (Å²) in [5.74, 6) is 3.30. The Kier molecular flexibility index (Phi) is 4.85. The van der Waals surface area contributed by atoms with Crippen LogP contribution < -0.4 is 4.90 Å². The maximum absolute atomic E-state index is 4.36. The molecule has 1 fully saturated rings. The van der Waals surface area contributed by atoms with Crippen LogP contribution in [0.1, 0.15) is 12.5 Å². The highest BCUT2D eigenvalue weighted by atomic mass is 28.3. The first-order valence-electron chi connectivity index (χ1n) is 7.43. The number of nitrogens with zero attached hydrogens (tertiary/aromatic N) is 3. The van der Waals surface area contributed by atoms with Crippen LogP contribution in [-0.2, 0) is 0 Å². The van der Waals surface area contributed by atoms with Gasteiger partial charge in [-0.05, 0) is 12.6 Å². The number of aromatic nitrogens is 1. The first-order chi connectivity index (χ1) is 9.48. The largest absolute Gasteiger partial charge is 0.368 e. The van der Waals surface area contributed by atoms with Gasteiger partial charge in [-0.3, -0.25) is 4.98 Å². The van der Waals surface area contributed by atoms with Crippen molar-refractivity contribution in [1.29, 1.82) is 0 Å². The molecule has 0 bridgehead atoms. The van der Waals surface area contributed by atoms with Crippen molar-refractivity contribution in [1.82, 2.24) is 9.88 Å². The quantitative estimate of drug-likeness (QED) is 0.615. The predicted molar refractivity (Wildman–Crippen MR) is 88.8 cm³/mol. The number of piperazine rings is 1. The average molecular weight is 287 g/mol. The van der Waals surface area contributed by atoms with Gasteiger partial charge in [-0.1, -0.05) is 32.5 Å². The van der Waals surface area contributed by atoms with Crippen LogP contribution in [0.5, 0.6) is 0 Å². The Bertz CT molecular complexity index is 502. The first-order valence-corrected chi connectivity index (χ1v) is 10.9. The average Bonchev–Trinajstić information content (AvgIpc) is 2.45. The second kappa shape index (κ2) is 6.42. The summed E-state index contributed by atoms with van der Waals surface area (Å²) in [7, 11) is -1.32. The third-order valence-electron chi connectivity index (χ3n) is 3.49. The summed E-state index contributed by atoms with van der Waals surface area (Å²) >= 11 is 0. The summed E-state index contributed by atoms with van der Waals surface area (Å²) in [4.78, 5) is 9.26. The van der Waals surface area contributed by atoms with Gasteiger partial charge >= 0.3 is 0 Å². The topological polar surface area (TPSA) is 19.4 Å². The first kappa shape index (κ1) is 15.1. The Morgan fingerprint density at radius 3 is 2.45 bits per heavy atom. The minimum Gasteiger partial charge on any atom is -0.368 e. The van der Waals surface area contributed by atoms with Gasteiger partial charge in [0.15, 0.2) is 0 Å². The van der Waals surface area contributed by atoms with E-state index in [1.807, 2.05) is 12.4 Å². The number of pyridine rings is 1. The lowest BCUT2D eigenvalue weighted by molar-refractivity contribution is 0.271. The molecule has 0 atom stereocenters. The van der Waals surface area contributed by atoms with E-state index in [1.165, 1.54) is 5.69 Å². The second-order valence-electron chi connectivity index (χ2n) is 6.35. The minimum atomic E-state index is -1.32. The summed E-state index contributed by atoms with van der Waals surface area (Å²) < 4.78 is 0. The third kappa shape index (κ3) is 4.36. The highest BCUT2D eigenvalue weighted by molar-refractivity contribution is 6.83. The summed E-state index contributed by atoms with van der Waals surface area (Å²) in [5, 5.41) is 0. The van der Waals surface area contributed by atoms with Crippen LogP contribution in [0.2, 0.25) is 19.6 Å². The molecule has 1 aliphatic heterocycles. The zero-order valence-electron chi connectivity index (χ0n) is 13.1. The lowest BCUT2D eigenvalue weighted by Crippen LogP contribution is -2.46. The van der Waals surface area contributed by atoms with Crippen molar-refractivity contribution in [3.05, 3.63) is 24.0 Å². The second-order valence-corrected chi connectivity index (χ2v) is 11.1. The van der Waals surface area contributed by atoms with Gasteiger partial charge in [0.1, 0.15) is 8.07 Å². The lowest BCUT2D eigenvalue weighted by Gasteiger charge is -2.35. The summed E-state index contributed by atoms with van der Waals surface area (Å²) in [6, 6.07) is 2.18. The fraction of sp³-hybridized carbons (Fsp3) is 0.562. The molecule has 20 heavy (non-hydrogen) atoms. The van der Waals surface area contributed by atoms with Gasteiger partial charge in [0, 0.05) is 37.9 Å². The standard InChI is InChI=1S/C16H25N3Si/c1-5-18-7-9-19(10-8-18)16-12-15(13-17-14-16)6-11-20(2,3)4/h12-14H,5,7-10H2,1-4H3. The molecule has 0 amide bonds. The molecule has 1 aromatic heterocycles. The predicted octanol–water partition coefficient (Wildman–Crippen LogP) is 2.45. The summed E-state index contributed by atoms with van der Waals surface area (Å²) in [6.45, 7) is 14.6. The molecule has 0 saturated carbocycles. The van der Waals surface area contributed by atoms with Gasteiger partial charge in [-0.2, -0.15) is 0 Å². The maximum Gasteiger partial charge on any atom is 0.129 e. The van der Waals surface area contributed by atoms with Crippen LogP contribution in [0.15, 0.2) is 18.5 Å². The monoisotopic (exact) mass is 287 g/mol. The van der Waals surface area contributed by atoms with Gasteiger partial charge in [-0.15, -0.1) is 5.54 Å². The van der Waals surface area contributed by atoms with Crippen molar-refractivity contribution >= 4 is 13.8 Å². The molecule has 0 N–H and O–H groups in total. The van der Waals surface area contributed by atoms with Crippen LogP contribution in [0, 0.1) is 11.5 Å². The molecular formula is C16H25N3Si. The Balaban J connectivity index is 2.08. The van der Waals surface area contributed by atoms with E-state index in [9.17, 15) is 0 Å².